The van der Waals surface area contributed by atoms with Gasteiger partial charge in [0.2, 0.25) is 21.8 Å². The molecule has 0 heterocycles. The van der Waals surface area contributed by atoms with Gasteiger partial charge < -0.3 is 10.6 Å². The number of benzene rings is 1. The number of para-hydroxylation sites is 1. The van der Waals surface area contributed by atoms with Gasteiger partial charge in [-0.2, -0.15) is 0 Å². The summed E-state index contributed by atoms with van der Waals surface area (Å²) in [4.78, 5) is 23.8. The Hall–Kier alpha value is -2.09. The van der Waals surface area contributed by atoms with Gasteiger partial charge in [-0.25, -0.2) is 8.42 Å². The molecule has 8 heteroatoms. The summed E-state index contributed by atoms with van der Waals surface area (Å²) in [5.41, 5.74) is 1.12. The zero-order valence-electron chi connectivity index (χ0n) is 14.4. The summed E-state index contributed by atoms with van der Waals surface area (Å²) in [6.45, 7) is 0.526. The molecule has 0 aromatic heterocycles. The summed E-state index contributed by atoms with van der Waals surface area (Å²) >= 11 is 0. The van der Waals surface area contributed by atoms with Crippen molar-refractivity contribution < 1.29 is 18.0 Å². The normalized spacial score (nSPS) is 14.9. The maximum absolute atomic E-state index is 11.9. The minimum Gasteiger partial charge on any atom is -0.355 e. The average molecular weight is 367 g/mol. The molecule has 7 nitrogen and oxygen atoms in total. The Bertz CT molecular complexity index is 712. The highest BCUT2D eigenvalue weighted by Gasteiger charge is 2.22. The van der Waals surface area contributed by atoms with Crippen LogP contribution in [0.2, 0.25) is 0 Å². The molecule has 138 valence electrons. The van der Waals surface area contributed by atoms with E-state index in [0.29, 0.717) is 17.8 Å². The van der Waals surface area contributed by atoms with Crippen LogP contribution in [-0.2, 0) is 26.2 Å². The molecule has 1 aromatic rings. The summed E-state index contributed by atoms with van der Waals surface area (Å²) in [6.07, 6.45) is 5.33. The number of carbonyl (C=O) groups excluding carboxylic acids is 2. The molecular weight excluding hydrogens is 342 g/mol. The van der Waals surface area contributed by atoms with E-state index in [1.165, 1.54) is 0 Å². The molecule has 0 bridgehead atoms. The molecule has 0 saturated heterocycles. The van der Waals surface area contributed by atoms with Crippen LogP contribution >= 0.6 is 0 Å². The Morgan fingerprint density at radius 1 is 1.12 bits per heavy atom. The molecule has 0 radical (unpaired) electrons. The van der Waals surface area contributed by atoms with E-state index >= 15 is 0 Å². The summed E-state index contributed by atoms with van der Waals surface area (Å²) < 4.78 is 25.2. The van der Waals surface area contributed by atoms with Crippen LogP contribution < -0.4 is 15.4 Å². The Balaban J connectivity index is 1.75. The molecule has 1 aliphatic rings. The fourth-order valence-corrected chi connectivity index (χ4v) is 3.49. The van der Waals surface area contributed by atoms with E-state index in [1.54, 1.807) is 24.3 Å². The smallest absolute Gasteiger partial charge is 0.229 e. The van der Waals surface area contributed by atoms with Gasteiger partial charge in [0.15, 0.2) is 0 Å². The molecule has 1 aromatic carbocycles. The summed E-state index contributed by atoms with van der Waals surface area (Å²) in [7, 11) is -3.38. The molecule has 2 rings (SSSR count). The van der Waals surface area contributed by atoms with E-state index in [2.05, 4.69) is 15.4 Å². The van der Waals surface area contributed by atoms with Crippen LogP contribution in [0.15, 0.2) is 24.3 Å². The third-order valence-electron chi connectivity index (χ3n) is 4.17. The van der Waals surface area contributed by atoms with Crippen LogP contribution in [0, 0.1) is 5.92 Å². The van der Waals surface area contributed by atoms with Gasteiger partial charge in [-0.05, 0) is 24.5 Å². The van der Waals surface area contributed by atoms with Gasteiger partial charge in [-0.3, -0.25) is 14.3 Å². The molecule has 3 N–H and O–H groups in total. The van der Waals surface area contributed by atoms with Crippen LogP contribution in [0.1, 0.15) is 37.7 Å². The standard InChI is InChI=1S/C17H25N3O4S/c1-25(23,24)20-15-9-5-4-8-14(15)12-19-16(21)10-11-18-17(22)13-6-2-3-7-13/h4-5,8-9,13,20H,2-3,6-7,10-12H2,1H3,(H,18,22)(H,19,21). The lowest BCUT2D eigenvalue weighted by molar-refractivity contribution is -0.125. The van der Waals surface area contributed by atoms with Gasteiger partial charge >= 0.3 is 0 Å². The number of sulfonamides is 1. The predicted molar refractivity (Wildman–Crippen MR) is 96.3 cm³/mol. The van der Waals surface area contributed by atoms with Gasteiger partial charge in [-0.15, -0.1) is 0 Å². The zero-order chi connectivity index (χ0) is 18.3. The van der Waals surface area contributed by atoms with Gasteiger partial charge in [0.25, 0.3) is 0 Å². The van der Waals surface area contributed by atoms with Crippen molar-refractivity contribution in [3.05, 3.63) is 29.8 Å². The second kappa shape index (κ2) is 8.84. The van der Waals surface area contributed by atoms with E-state index in [4.69, 9.17) is 0 Å². The molecule has 1 aliphatic carbocycles. The number of amides is 2. The van der Waals surface area contributed by atoms with Crippen LogP contribution in [0.25, 0.3) is 0 Å². The predicted octanol–water partition coefficient (Wildman–Crippen LogP) is 1.37. The van der Waals surface area contributed by atoms with Crippen molar-refractivity contribution in [2.45, 2.75) is 38.6 Å². The molecule has 2 amide bonds. The maximum atomic E-state index is 11.9. The lowest BCUT2D eigenvalue weighted by Crippen LogP contribution is -2.33. The average Bonchev–Trinajstić information content (AvgIpc) is 3.07. The van der Waals surface area contributed by atoms with E-state index in [-0.39, 0.29) is 30.7 Å². The Kier molecular flexibility index (Phi) is 6.81. The number of rotatable bonds is 8. The first-order valence-corrected chi connectivity index (χ1v) is 10.3. The van der Waals surface area contributed by atoms with Gasteiger partial charge in [0, 0.05) is 25.4 Å². The Morgan fingerprint density at radius 2 is 1.80 bits per heavy atom. The number of nitrogens with one attached hydrogen (secondary N) is 3. The molecule has 1 saturated carbocycles. The van der Waals surface area contributed by atoms with Crippen molar-refractivity contribution in [3.63, 3.8) is 0 Å². The number of carbonyl (C=O) groups is 2. The second-order valence-electron chi connectivity index (χ2n) is 6.33. The molecule has 25 heavy (non-hydrogen) atoms. The fraction of sp³-hybridized carbons (Fsp3) is 0.529. The van der Waals surface area contributed by atoms with Crippen molar-refractivity contribution in [2.75, 3.05) is 17.5 Å². The van der Waals surface area contributed by atoms with Gasteiger partial charge in [-0.1, -0.05) is 31.0 Å². The SMILES string of the molecule is CS(=O)(=O)Nc1ccccc1CNC(=O)CCNC(=O)C1CCCC1. The lowest BCUT2D eigenvalue weighted by Gasteiger charge is -2.12. The number of hydrogen-bond acceptors (Lipinski definition) is 4. The van der Waals surface area contributed by atoms with Crippen LogP contribution in [-0.4, -0.2) is 33.0 Å². The van der Waals surface area contributed by atoms with E-state index in [1.807, 2.05) is 0 Å². The number of hydrogen-bond donors (Lipinski definition) is 3. The highest BCUT2D eigenvalue weighted by atomic mass is 32.2. The lowest BCUT2D eigenvalue weighted by atomic mass is 10.1. The molecule has 1 fully saturated rings. The van der Waals surface area contributed by atoms with Crippen molar-refractivity contribution in [1.29, 1.82) is 0 Å². The molecule has 0 spiro atoms. The van der Waals surface area contributed by atoms with E-state index in [0.717, 1.165) is 31.9 Å². The third-order valence-corrected chi connectivity index (χ3v) is 4.76. The summed E-state index contributed by atoms with van der Waals surface area (Å²) in [5, 5.41) is 5.55. The molecule has 0 atom stereocenters. The van der Waals surface area contributed by atoms with E-state index < -0.39 is 10.0 Å². The van der Waals surface area contributed by atoms with E-state index in [9.17, 15) is 18.0 Å². The van der Waals surface area contributed by atoms with Crippen molar-refractivity contribution in [1.82, 2.24) is 10.6 Å². The maximum Gasteiger partial charge on any atom is 0.229 e. The first kappa shape index (κ1) is 19.2. The molecule has 0 aliphatic heterocycles. The molecule has 0 unspecified atom stereocenters. The van der Waals surface area contributed by atoms with Crippen LogP contribution in [0.3, 0.4) is 0 Å². The number of anilines is 1. The van der Waals surface area contributed by atoms with Crippen LogP contribution in [0.4, 0.5) is 5.69 Å². The quantitative estimate of drug-likeness (QED) is 0.645. The fourth-order valence-electron chi connectivity index (χ4n) is 2.89. The summed E-state index contributed by atoms with van der Waals surface area (Å²) in [5.74, 6) is -0.0640. The third kappa shape index (κ3) is 6.74. The van der Waals surface area contributed by atoms with Crippen molar-refractivity contribution in [3.8, 4) is 0 Å². The topological polar surface area (TPSA) is 104 Å². The Morgan fingerprint density at radius 3 is 2.48 bits per heavy atom. The minimum absolute atomic E-state index is 0.0352. The molecular formula is C17H25N3O4S. The van der Waals surface area contributed by atoms with Crippen molar-refractivity contribution in [2.24, 2.45) is 5.92 Å². The zero-order valence-corrected chi connectivity index (χ0v) is 15.2. The second-order valence-corrected chi connectivity index (χ2v) is 8.08. The first-order chi connectivity index (χ1) is 11.8. The van der Waals surface area contributed by atoms with Crippen molar-refractivity contribution >= 4 is 27.5 Å². The minimum atomic E-state index is -3.38. The highest BCUT2D eigenvalue weighted by Crippen LogP contribution is 2.24. The Labute approximate surface area is 148 Å². The van der Waals surface area contributed by atoms with Gasteiger partial charge in [0.1, 0.15) is 0 Å². The first-order valence-electron chi connectivity index (χ1n) is 8.45. The highest BCUT2D eigenvalue weighted by molar-refractivity contribution is 7.92. The van der Waals surface area contributed by atoms with Gasteiger partial charge in [0.05, 0.1) is 11.9 Å². The summed E-state index contributed by atoms with van der Waals surface area (Å²) in [6, 6.07) is 6.88. The van der Waals surface area contributed by atoms with Crippen LogP contribution in [0.5, 0.6) is 0 Å². The largest absolute Gasteiger partial charge is 0.355 e. The monoisotopic (exact) mass is 367 g/mol.